The average Bonchev–Trinajstić information content (AvgIpc) is 3.11. The Labute approximate surface area is 155 Å². The van der Waals surface area contributed by atoms with Crippen LogP contribution in [0.25, 0.3) is 10.9 Å². The minimum absolute atomic E-state index is 0.389. The standard InChI is InChI=1S/C23H28N2O/c26-22-13-6-12-21-23(22)19(16-24-21)10-4-5-14-25-15-7-11-20(17-25)18-8-2-1-3-9-18/h1-3,6,8-9,12-13,16,20,24,26H,4-5,7,10-11,14-15,17H2. The summed E-state index contributed by atoms with van der Waals surface area (Å²) in [6.45, 7) is 3.60. The van der Waals surface area contributed by atoms with Crippen molar-refractivity contribution in [1.29, 1.82) is 0 Å². The third-order valence-corrected chi connectivity index (χ3v) is 5.71. The lowest BCUT2D eigenvalue weighted by Gasteiger charge is -2.33. The molecule has 3 aromatic rings. The SMILES string of the molecule is Oc1cccc2[nH]cc(CCCCN3CCCC(c4ccccc4)C3)c12. The Hall–Kier alpha value is -2.26. The number of rotatable bonds is 6. The summed E-state index contributed by atoms with van der Waals surface area (Å²) in [5.74, 6) is 1.08. The number of aromatic amines is 1. The molecule has 0 saturated carbocycles. The van der Waals surface area contributed by atoms with Crippen LogP contribution in [0, 0.1) is 0 Å². The fourth-order valence-electron chi connectivity index (χ4n) is 4.34. The Morgan fingerprint density at radius 3 is 2.81 bits per heavy atom. The highest BCUT2D eigenvalue weighted by Crippen LogP contribution is 2.29. The van der Waals surface area contributed by atoms with Gasteiger partial charge in [-0.1, -0.05) is 36.4 Å². The van der Waals surface area contributed by atoms with Crippen LogP contribution in [0.15, 0.2) is 54.7 Å². The molecule has 1 atom stereocenters. The first kappa shape index (κ1) is 17.2. The van der Waals surface area contributed by atoms with Crippen LogP contribution in [-0.4, -0.2) is 34.6 Å². The van der Waals surface area contributed by atoms with Crippen LogP contribution in [-0.2, 0) is 6.42 Å². The number of H-pyrrole nitrogens is 1. The number of phenols is 1. The minimum Gasteiger partial charge on any atom is -0.507 e. The lowest BCUT2D eigenvalue weighted by molar-refractivity contribution is 0.204. The van der Waals surface area contributed by atoms with Crippen molar-refractivity contribution in [3.05, 3.63) is 65.9 Å². The van der Waals surface area contributed by atoms with Gasteiger partial charge in [-0.15, -0.1) is 0 Å². The van der Waals surface area contributed by atoms with Gasteiger partial charge in [0.1, 0.15) is 5.75 Å². The van der Waals surface area contributed by atoms with Crippen molar-refractivity contribution in [1.82, 2.24) is 9.88 Å². The predicted molar refractivity (Wildman–Crippen MR) is 108 cm³/mol. The van der Waals surface area contributed by atoms with Crippen LogP contribution in [0.1, 0.15) is 42.7 Å². The van der Waals surface area contributed by atoms with Gasteiger partial charge in [-0.2, -0.15) is 0 Å². The van der Waals surface area contributed by atoms with E-state index in [2.05, 4.69) is 46.4 Å². The molecule has 26 heavy (non-hydrogen) atoms. The van der Waals surface area contributed by atoms with Crippen molar-refractivity contribution >= 4 is 10.9 Å². The summed E-state index contributed by atoms with van der Waals surface area (Å²) >= 11 is 0. The van der Waals surface area contributed by atoms with E-state index in [1.807, 2.05) is 12.1 Å². The number of phenolic OH excluding ortho intramolecular Hbond substituents is 1. The van der Waals surface area contributed by atoms with E-state index in [1.54, 1.807) is 6.07 Å². The molecule has 2 N–H and O–H groups in total. The second kappa shape index (κ2) is 7.96. The Bertz CT molecular complexity index is 840. The maximum atomic E-state index is 10.1. The lowest BCUT2D eigenvalue weighted by atomic mass is 9.90. The molecule has 1 aliphatic rings. The van der Waals surface area contributed by atoms with Gasteiger partial charge in [0.2, 0.25) is 0 Å². The quantitative estimate of drug-likeness (QED) is 0.610. The zero-order valence-electron chi connectivity index (χ0n) is 15.3. The monoisotopic (exact) mass is 348 g/mol. The second-order valence-electron chi connectivity index (χ2n) is 7.52. The average molecular weight is 348 g/mol. The van der Waals surface area contributed by atoms with Crippen LogP contribution < -0.4 is 0 Å². The maximum absolute atomic E-state index is 10.1. The number of nitrogens with zero attached hydrogens (tertiary/aromatic N) is 1. The molecule has 0 radical (unpaired) electrons. The molecular weight excluding hydrogens is 320 g/mol. The van der Waals surface area contributed by atoms with Gasteiger partial charge in [-0.25, -0.2) is 0 Å². The third-order valence-electron chi connectivity index (χ3n) is 5.71. The molecule has 2 aromatic carbocycles. The van der Waals surface area contributed by atoms with Gasteiger partial charge in [0.25, 0.3) is 0 Å². The number of fused-ring (bicyclic) bond motifs is 1. The number of unbranched alkanes of at least 4 members (excludes halogenated alkanes) is 1. The summed E-state index contributed by atoms with van der Waals surface area (Å²) in [5, 5.41) is 11.1. The smallest absolute Gasteiger partial charge is 0.125 e. The second-order valence-corrected chi connectivity index (χ2v) is 7.52. The van der Waals surface area contributed by atoms with Crippen molar-refractivity contribution < 1.29 is 5.11 Å². The molecule has 0 bridgehead atoms. The van der Waals surface area contributed by atoms with E-state index in [-0.39, 0.29) is 0 Å². The van der Waals surface area contributed by atoms with Gasteiger partial charge in [0, 0.05) is 23.6 Å². The van der Waals surface area contributed by atoms with Crippen LogP contribution in [0.5, 0.6) is 5.75 Å². The molecule has 3 nitrogen and oxygen atoms in total. The molecule has 136 valence electrons. The first-order chi connectivity index (χ1) is 12.8. The molecule has 1 saturated heterocycles. The summed E-state index contributed by atoms with van der Waals surface area (Å²) in [4.78, 5) is 5.91. The van der Waals surface area contributed by atoms with E-state index in [1.165, 1.54) is 50.0 Å². The summed E-state index contributed by atoms with van der Waals surface area (Å²) in [7, 11) is 0. The van der Waals surface area contributed by atoms with Crippen LogP contribution in [0.2, 0.25) is 0 Å². The number of aromatic nitrogens is 1. The summed E-state index contributed by atoms with van der Waals surface area (Å²) in [5.41, 5.74) is 3.76. The van der Waals surface area contributed by atoms with Crippen LogP contribution in [0.3, 0.4) is 0 Å². The first-order valence-electron chi connectivity index (χ1n) is 9.86. The molecule has 0 spiro atoms. The van der Waals surface area contributed by atoms with Gasteiger partial charge >= 0.3 is 0 Å². The molecule has 2 heterocycles. The predicted octanol–water partition coefficient (Wildman–Crippen LogP) is 5.08. The zero-order chi connectivity index (χ0) is 17.8. The van der Waals surface area contributed by atoms with E-state index < -0.39 is 0 Å². The number of aromatic hydroxyl groups is 1. The molecule has 3 heteroatoms. The van der Waals surface area contributed by atoms with Crippen molar-refractivity contribution in [2.45, 2.75) is 38.0 Å². The molecule has 1 fully saturated rings. The maximum Gasteiger partial charge on any atom is 0.125 e. The molecule has 0 aliphatic carbocycles. The van der Waals surface area contributed by atoms with Crippen molar-refractivity contribution in [3.63, 3.8) is 0 Å². The van der Waals surface area contributed by atoms with Gasteiger partial charge < -0.3 is 15.0 Å². The number of aryl methyl sites for hydroxylation is 1. The van der Waals surface area contributed by atoms with Gasteiger partial charge in [-0.3, -0.25) is 0 Å². The Morgan fingerprint density at radius 1 is 1.04 bits per heavy atom. The fraction of sp³-hybridized carbons (Fsp3) is 0.391. The molecule has 1 unspecified atom stereocenters. The molecule has 1 aromatic heterocycles. The molecular formula is C23H28N2O. The molecule has 4 rings (SSSR count). The number of nitrogens with one attached hydrogen (secondary N) is 1. The van der Waals surface area contributed by atoms with Crippen LogP contribution >= 0.6 is 0 Å². The van der Waals surface area contributed by atoms with Crippen LogP contribution in [0.4, 0.5) is 0 Å². The van der Waals surface area contributed by atoms with Crippen molar-refractivity contribution in [3.8, 4) is 5.75 Å². The number of hydrogen-bond acceptors (Lipinski definition) is 2. The highest BCUT2D eigenvalue weighted by Gasteiger charge is 2.20. The number of hydrogen-bond donors (Lipinski definition) is 2. The van der Waals surface area contributed by atoms with Gasteiger partial charge in [-0.05, 0) is 74.4 Å². The minimum atomic E-state index is 0.389. The van der Waals surface area contributed by atoms with Crippen molar-refractivity contribution in [2.24, 2.45) is 0 Å². The number of piperidine rings is 1. The largest absolute Gasteiger partial charge is 0.507 e. The highest BCUT2D eigenvalue weighted by molar-refractivity contribution is 5.88. The summed E-state index contributed by atoms with van der Waals surface area (Å²) in [6.07, 6.45) is 8.06. The third kappa shape index (κ3) is 3.78. The fourth-order valence-corrected chi connectivity index (χ4v) is 4.34. The van der Waals surface area contributed by atoms with Gasteiger partial charge in [0.05, 0.1) is 0 Å². The van der Waals surface area contributed by atoms with E-state index in [4.69, 9.17) is 0 Å². The first-order valence-corrected chi connectivity index (χ1v) is 9.86. The summed E-state index contributed by atoms with van der Waals surface area (Å²) < 4.78 is 0. The lowest BCUT2D eigenvalue weighted by Crippen LogP contribution is -2.35. The van der Waals surface area contributed by atoms with E-state index in [0.717, 1.165) is 23.7 Å². The van der Waals surface area contributed by atoms with E-state index in [0.29, 0.717) is 11.7 Å². The number of likely N-dealkylation sites (tertiary alicyclic amines) is 1. The Balaban J connectivity index is 1.28. The summed E-state index contributed by atoms with van der Waals surface area (Å²) in [6, 6.07) is 16.7. The van der Waals surface area contributed by atoms with Gasteiger partial charge in [0.15, 0.2) is 0 Å². The van der Waals surface area contributed by atoms with E-state index in [9.17, 15) is 5.11 Å². The Kier molecular flexibility index (Phi) is 5.26. The zero-order valence-corrected chi connectivity index (χ0v) is 15.3. The normalized spacial score (nSPS) is 18.4. The van der Waals surface area contributed by atoms with Crippen molar-refractivity contribution in [2.75, 3.05) is 19.6 Å². The molecule has 0 amide bonds. The Morgan fingerprint density at radius 2 is 1.92 bits per heavy atom. The highest BCUT2D eigenvalue weighted by atomic mass is 16.3. The van der Waals surface area contributed by atoms with E-state index >= 15 is 0 Å². The number of benzene rings is 2. The molecule has 1 aliphatic heterocycles. The topological polar surface area (TPSA) is 39.3 Å².